The number of halogens is 3. The largest absolute Gasteiger partial charge is 0.471 e. The Hall–Kier alpha value is -3.13. The van der Waals surface area contributed by atoms with Crippen LogP contribution in [0.1, 0.15) is 56.9 Å². The number of carbonyl (C=O) groups excluding carboxylic acids is 3. The summed E-state index contributed by atoms with van der Waals surface area (Å²) < 4.78 is 39.7. The molecule has 0 aromatic heterocycles. The van der Waals surface area contributed by atoms with E-state index >= 15 is 0 Å². The van der Waals surface area contributed by atoms with E-state index < -0.39 is 53.0 Å². The van der Waals surface area contributed by atoms with Gasteiger partial charge in [-0.1, -0.05) is 30.3 Å². The lowest BCUT2D eigenvalue weighted by molar-refractivity contribution is -0.182. The van der Waals surface area contributed by atoms with Crippen LogP contribution >= 0.6 is 0 Å². The van der Waals surface area contributed by atoms with Crippen molar-refractivity contribution in [1.29, 1.82) is 5.26 Å². The molecule has 0 radical (unpaired) electrons. The number of amides is 3. The predicted molar refractivity (Wildman–Crippen MR) is 135 cm³/mol. The summed E-state index contributed by atoms with van der Waals surface area (Å²) in [6.07, 6.45) is -0.315. The molecule has 4 bridgehead atoms. The number of nitriles is 1. The fraction of sp³-hybridized carbons (Fsp3) is 0.655. The van der Waals surface area contributed by atoms with Gasteiger partial charge in [0.25, 0.3) is 0 Å². The first kappa shape index (κ1) is 27.1. The standard InChI is InChI=1S/C29H33F3N4O4/c30-29(31,32)26(39)34-21(7-16-4-2-1-3-5-16)24(37)35-23(25(38)36-20(14-33)8-19-9-22(19)36)27-10-17-6-18(11-27)13-28(40,12-17)15-27/h1-5,17-23,40H,6-13,15H2,(H,34,39)(H,35,37). The van der Waals surface area contributed by atoms with E-state index in [9.17, 15) is 37.9 Å². The van der Waals surface area contributed by atoms with Crippen LogP contribution in [-0.2, 0) is 20.8 Å². The number of hydrogen-bond donors (Lipinski definition) is 3. The third kappa shape index (κ3) is 4.84. The molecule has 6 aliphatic rings. The van der Waals surface area contributed by atoms with Gasteiger partial charge >= 0.3 is 12.1 Å². The first-order valence-electron chi connectivity index (χ1n) is 14.1. The second kappa shape index (κ2) is 9.47. The number of likely N-dealkylation sites (tertiary alicyclic amines) is 1. The van der Waals surface area contributed by atoms with Crippen LogP contribution in [0.15, 0.2) is 30.3 Å². The molecule has 1 aromatic rings. The fourth-order valence-corrected chi connectivity index (χ4v) is 8.68. The third-order valence-electron chi connectivity index (χ3n) is 9.89. The number of carbonyl (C=O) groups is 3. The predicted octanol–water partition coefficient (Wildman–Crippen LogP) is 2.61. The molecule has 7 unspecified atom stereocenters. The fourth-order valence-electron chi connectivity index (χ4n) is 8.68. The molecule has 1 aromatic carbocycles. The van der Waals surface area contributed by atoms with Gasteiger partial charge in [0.05, 0.1) is 11.7 Å². The molecule has 3 N–H and O–H groups in total. The van der Waals surface area contributed by atoms with E-state index in [4.69, 9.17) is 0 Å². The molecule has 40 heavy (non-hydrogen) atoms. The highest BCUT2D eigenvalue weighted by molar-refractivity contribution is 5.94. The molecule has 3 amide bonds. The number of piperidine rings is 1. The molecule has 5 saturated carbocycles. The normalized spacial score (nSPS) is 36.8. The van der Waals surface area contributed by atoms with Crippen molar-refractivity contribution in [3.8, 4) is 6.07 Å². The van der Waals surface area contributed by atoms with Crippen molar-refractivity contribution < 1.29 is 32.7 Å². The Labute approximate surface area is 230 Å². The second-order valence-electron chi connectivity index (χ2n) is 12.9. The molecule has 8 nitrogen and oxygen atoms in total. The maximum Gasteiger partial charge on any atom is 0.471 e. The zero-order valence-corrected chi connectivity index (χ0v) is 22.0. The summed E-state index contributed by atoms with van der Waals surface area (Å²) in [5.41, 5.74) is -1.19. The molecule has 214 valence electrons. The van der Waals surface area contributed by atoms with Gasteiger partial charge in [-0.25, -0.2) is 0 Å². The minimum atomic E-state index is -5.19. The Bertz CT molecular complexity index is 1230. The number of nitrogens with one attached hydrogen (secondary N) is 2. The Morgan fingerprint density at radius 1 is 1.05 bits per heavy atom. The summed E-state index contributed by atoms with van der Waals surface area (Å²) >= 11 is 0. The van der Waals surface area contributed by atoms with Gasteiger partial charge in [-0.05, 0) is 74.7 Å². The number of hydrogen-bond acceptors (Lipinski definition) is 5. The van der Waals surface area contributed by atoms with Crippen molar-refractivity contribution in [2.75, 3.05) is 0 Å². The lowest BCUT2D eigenvalue weighted by atomic mass is 9.46. The Balaban J connectivity index is 1.33. The molecular weight excluding hydrogens is 525 g/mol. The van der Waals surface area contributed by atoms with Crippen LogP contribution in [0.5, 0.6) is 0 Å². The van der Waals surface area contributed by atoms with Crippen LogP contribution in [0.4, 0.5) is 13.2 Å². The zero-order chi connectivity index (χ0) is 28.4. The van der Waals surface area contributed by atoms with Crippen molar-refractivity contribution in [3.05, 3.63) is 35.9 Å². The molecule has 6 fully saturated rings. The Kier molecular flexibility index (Phi) is 6.41. The van der Waals surface area contributed by atoms with Crippen molar-refractivity contribution in [1.82, 2.24) is 15.5 Å². The van der Waals surface area contributed by atoms with Crippen molar-refractivity contribution in [3.63, 3.8) is 0 Å². The minimum Gasteiger partial charge on any atom is -0.390 e. The lowest BCUT2D eigenvalue weighted by Gasteiger charge is -2.62. The van der Waals surface area contributed by atoms with Gasteiger partial charge in [0.15, 0.2) is 0 Å². The average Bonchev–Trinajstić information content (AvgIpc) is 3.54. The van der Waals surface area contributed by atoms with E-state index in [1.807, 2.05) is 5.32 Å². The van der Waals surface area contributed by atoms with Crippen LogP contribution in [0.25, 0.3) is 0 Å². The van der Waals surface area contributed by atoms with E-state index in [1.165, 1.54) is 0 Å². The number of rotatable bonds is 7. The summed E-state index contributed by atoms with van der Waals surface area (Å²) in [6.45, 7) is 0. The number of aliphatic hydroxyl groups is 1. The highest BCUT2D eigenvalue weighted by Gasteiger charge is 2.64. The quantitative estimate of drug-likeness (QED) is 0.475. The first-order valence-corrected chi connectivity index (χ1v) is 14.1. The van der Waals surface area contributed by atoms with Gasteiger partial charge < -0.3 is 20.6 Å². The molecule has 0 spiro atoms. The van der Waals surface area contributed by atoms with Crippen LogP contribution in [0.2, 0.25) is 0 Å². The maximum absolute atomic E-state index is 14.3. The number of fused-ring (bicyclic) bond motifs is 1. The van der Waals surface area contributed by atoms with E-state index in [0.29, 0.717) is 44.1 Å². The highest BCUT2D eigenvalue weighted by atomic mass is 19.4. The van der Waals surface area contributed by atoms with Crippen molar-refractivity contribution in [2.45, 2.75) is 93.7 Å². The van der Waals surface area contributed by atoms with Gasteiger partial charge in [0, 0.05) is 17.9 Å². The van der Waals surface area contributed by atoms with Gasteiger partial charge in [-0.15, -0.1) is 0 Å². The van der Waals surface area contributed by atoms with Crippen LogP contribution < -0.4 is 10.6 Å². The average molecular weight is 559 g/mol. The monoisotopic (exact) mass is 558 g/mol. The van der Waals surface area contributed by atoms with E-state index in [0.717, 1.165) is 12.8 Å². The van der Waals surface area contributed by atoms with E-state index in [1.54, 1.807) is 35.2 Å². The SMILES string of the molecule is N#CC1CC2CC2N1C(=O)C(NC(=O)C(Cc1ccccc1)NC(=O)C(F)(F)F)C12CC3CC(CC(O)(C3)C1)C2. The zero-order valence-electron chi connectivity index (χ0n) is 22.0. The maximum atomic E-state index is 14.3. The lowest BCUT2D eigenvalue weighted by Crippen LogP contribution is -2.68. The molecule has 1 aliphatic heterocycles. The highest BCUT2D eigenvalue weighted by Crippen LogP contribution is 2.63. The molecule has 5 aliphatic carbocycles. The minimum absolute atomic E-state index is 0.0846. The van der Waals surface area contributed by atoms with Crippen molar-refractivity contribution in [2.24, 2.45) is 23.2 Å². The topological polar surface area (TPSA) is 123 Å². The van der Waals surface area contributed by atoms with E-state index in [2.05, 4.69) is 11.4 Å². The summed E-state index contributed by atoms with van der Waals surface area (Å²) in [7, 11) is 0. The van der Waals surface area contributed by atoms with Gasteiger partial charge in [0.2, 0.25) is 11.8 Å². The Morgan fingerprint density at radius 2 is 1.73 bits per heavy atom. The summed E-state index contributed by atoms with van der Waals surface area (Å²) in [6, 6.07) is 7.17. The van der Waals surface area contributed by atoms with E-state index in [-0.39, 0.29) is 30.2 Å². The second-order valence-corrected chi connectivity index (χ2v) is 12.9. The van der Waals surface area contributed by atoms with Gasteiger partial charge in [0.1, 0.15) is 18.1 Å². The molecule has 7 rings (SSSR count). The van der Waals surface area contributed by atoms with Crippen molar-refractivity contribution >= 4 is 17.7 Å². The summed E-state index contributed by atoms with van der Waals surface area (Å²) in [5, 5.41) is 25.8. The number of nitrogens with zero attached hydrogens (tertiary/aromatic N) is 2. The summed E-state index contributed by atoms with van der Waals surface area (Å²) in [4.78, 5) is 41.5. The molecule has 1 saturated heterocycles. The van der Waals surface area contributed by atoms with Gasteiger partial charge in [-0.3, -0.25) is 14.4 Å². The van der Waals surface area contributed by atoms with Crippen LogP contribution in [0.3, 0.4) is 0 Å². The van der Waals surface area contributed by atoms with Crippen LogP contribution in [0, 0.1) is 34.5 Å². The smallest absolute Gasteiger partial charge is 0.390 e. The van der Waals surface area contributed by atoms with Crippen LogP contribution in [-0.4, -0.2) is 63.7 Å². The first-order chi connectivity index (χ1) is 18.9. The number of alkyl halides is 3. The number of benzene rings is 1. The summed E-state index contributed by atoms with van der Waals surface area (Å²) in [5.74, 6) is -2.92. The Morgan fingerprint density at radius 3 is 2.33 bits per heavy atom. The molecule has 7 atom stereocenters. The molecule has 1 heterocycles. The molecular formula is C29H33F3N4O4. The third-order valence-corrected chi connectivity index (χ3v) is 9.89. The van der Waals surface area contributed by atoms with Gasteiger partial charge in [-0.2, -0.15) is 18.4 Å². The molecule has 11 heteroatoms.